The number of nitrogens with two attached hydrogens (primary N) is 1. The monoisotopic (exact) mass is 295 g/mol. The SMILES string of the molecule is CCCC(N)CCN1CCN(c2ccc(Cl)cc2)CC1. The van der Waals surface area contributed by atoms with Gasteiger partial charge in [0.05, 0.1) is 0 Å². The number of hydrogen-bond acceptors (Lipinski definition) is 3. The molecule has 1 aliphatic heterocycles. The third-order valence-corrected chi connectivity index (χ3v) is 4.29. The van der Waals surface area contributed by atoms with Crippen LogP contribution in [0.2, 0.25) is 5.02 Å². The van der Waals surface area contributed by atoms with Gasteiger partial charge in [-0.1, -0.05) is 24.9 Å². The second-order valence-electron chi connectivity index (χ2n) is 5.64. The lowest BCUT2D eigenvalue weighted by Gasteiger charge is -2.36. The minimum absolute atomic E-state index is 0.370. The van der Waals surface area contributed by atoms with Crippen LogP contribution < -0.4 is 10.6 Å². The van der Waals surface area contributed by atoms with Crippen LogP contribution in [0.4, 0.5) is 5.69 Å². The minimum Gasteiger partial charge on any atom is -0.369 e. The molecule has 2 rings (SSSR count). The van der Waals surface area contributed by atoms with Crippen LogP contribution in [-0.2, 0) is 0 Å². The van der Waals surface area contributed by atoms with Gasteiger partial charge in [-0.2, -0.15) is 0 Å². The first-order chi connectivity index (χ1) is 9.69. The Morgan fingerprint density at radius 3 is 2.35 bits per heavy atom. The summed E-state index contributed by atoms with van der Waals surface area (Å²) in [6.07, 6.45) is 3.45. The van der Waals surface area contributed by atoms with E-state index in [9.17, 15) is 0 Å². The average Bonchev–Trinajstić information content (AvgIpc) is 2.47. The number of anilines is 1. The molecule has 20 heavy (non-hydrogen) atoms. The molecule has 0 bridgehead atoms. The molecule has 1 fully saturated rings. The van der Waals surface area contributed by atoms with Crippen LogP contribution in [0.3, 0.4) is 0 Å². The van der Waals surface area contributed by atoms with Gasteiger partial charge < -0.3 is 10.6 Å². The smallest absolute Gasteiger partial charge is 0.0407 e. The first kappa shape index (κ1) is 15.6. The predicted molar refractivity (Wildman–Crippen MR) is 87.6 cm³/mol. The Kier molecular flexibility index (Phi) is 6.14. The van der Waals surface area contributed by atoms with Crippen molar-refractivity contribution >= 4 is 17.3 Å². The zero-order chi connectivity index (χ0) is 14.4. The summed E-state index contributed by atoms with van der Waals surface area (Å²) >= 11 is 5.93. The topological polar surface area (TPSA) is 32.5 Å². The van der Waals surface area contributed by atoms with E-state index >= 15 is 0 Å². The summed E-state index contributed by atoms with van der Waals surface area (Å²) in [5.74, 6) is 0. The van der Waals surface area contributed by atoms with Gasteiger partial charge in [-0.15, -0.1) is 0 Å². The Morgan fingerprint density at radius 1 is 1.10 bits per heavy atom. The number of piperazine rings is 1. The highest BCUT2D eigenvalue weighted by Gasteiger charge is 2.17. The van der Waals surface area contributed by atoms with Crippen LogP contribution in [-0.4, -0.2) is 43.7 Å². The summed E-state index contributed by atoms with van der Waals surface area (Å²) in [5.41, 5.74) is 7.36. The van der Waals surface area contributed by atoms with Gasteiger partial charge in [0.15, 0.2) is 0 Å². The van der Waals surface area contributed by atoms with Crippen molar-refractivity contribution < 1.29 is 0 Å². The van der Waals surface area contributed by atoms with Gasteiger partial charge in [0.25, 0.3) is 0 Å². The molecule has 3 nitrogen and oxygen atoms in total. The van der Waals surface area contributed by atoms with E-state index in [1.54, 1.807) is 0 Å². The zero-order valence-corrected chi connectivity index (χ0v) is 13.1. The molecule has 1 aromatic carbocycles. The standard InChI is InChI=1S/C16H26ClN3/c1-2-3-15(18)8-9-19-10-12-20(13-11-19)16-6-4-14(17)5-7-16/h4-7,15H,2-3,8-13,18H2,1H3. The van der Waals surface area contributed by atoms with E-state index in [0.717, 1.165) is 50.6 Å². The van der Waals surface area contributed by atoms with E-state index in [2.05, 4.69) is 28.9 Å². The molecule has 0 aromatic heterocycles. The molecule has 2 N–H and O–H groups in total. The average molecular weight is 296 g/mol. The van der Waals surface area contributed by atoms with Crippen LogP contribution in [0.1, 0.15) is 26.2 Å². The van der Waals surface area contributed by atoms with E-state index in [0.29, 0.717) is 6.04 Å². The van der Waals surface area contributed by atoms with Crippen LogP contribution in [0, 0.1) is 0 Å². The third-order valence-electron chi connectivity index (χ3n) is 4.04. The van der Waals surface area contributed by atoms with Crippen molar-refractivity contribution in [2.45, 2.75) is 32.2 Å². The Balaban J connectivity index is 1.73. The van der Waals surface area contributed by atoms with Crippen LogP contribution in [0.25, 0.3) is 0 Å². The van der Waals surface area contributed by atoms with Crippen LogP contribution in [0.15, 0.2) is 24.3 Å². The molecule has 0 spiro atoms. The molecule has 0 radical (unpaired) electrons. The summed E-state index contributed by atoms with van der Waals surface area (Å²) in [6.45, 7) is 7.76. The quantitative estimate of drug-likeness (QED) is 0.876. The van der Waals surface area contributed by atoms with Gasteiger partial charge in [-0.25, -0.2) is 0 Å². The molecule has 1 aliphatic rings. The van der Waals surface area contributed by atoms with Crippen LogP contribution >= 0.6 is 11.6 Å². The lowest BCUT2D eigenvalue weighted by Crippen LogP contribution is -2.47. The van der Waals surface area contributed by atoms with E-state index in [4.69, 9.17) is 17.3 Å². The fourth-order valence-electron chi connectivity index (χ4n) is 2.75. The largest absolute Gasteiger partial charge is 0.369 e. The van der Waals surface area contributed by atoms with E-state index in [-0.39, 0.29) is 0 Å². The lowest BCUT2D eigenvalue weighted by atomic mass is 10.1. The summed E-state index contributed by atoms with van der Waals surface area (Å²) in [7, 11) is 0. The van der Waals surface area contributed by atoms with E-state index in [1.807, 2.05) is 12.1 Å². The lowest BCUT2D eigenvalue weighted by molar-refractivity contribution is 0.246. The highest BCUT2D eigenvalue weighted by molar-refractivity contribution is 6.30. The van der Waals surface area contributed by atoms with Crippen molar-refractivity contribution in [3.63, 3.8) is 0 Å². The van der Waals surface area contributed by atoms with Crippen molar-refractivity contribution in [1.29, 1.82) is 0 Å². The highest BCUT2D eigenvalue weighted by Crippen LogP contribution is 2.19. The van der Waals surface area contributed by atoms with Gasteiger partial charge in [-0.3, -0.25) is 4.90 Å². The van der Waals surface area contributed by atoms with Crippen molar-refractivity contribution in [3.05, 3.63) is 29.3 Å². The summed E-state index contributed by atoms with van der Waals surface area (Å²) in [5, 5.41) is 0.803. The van der Waals surface area contributed by atoms with E-state index < -0.39 is 0 Å². The maximum atomic E-state index is 6.08. The molecule has 1 atom stereocenters. The number of rotatable bonds is 6. The molecule has 4 heteroatoms. The predicted octanol–water partition coefficient (Wildman–Crippen LogP) is 2.98. The second-order valence-corrected chi connectivity index (χ2v) is 6.08. The molecule has 112 valence electrons. The molecular formula is C16H26ClN3. The van der Waals surface area contributed by atoms with Gasteiger partial charge >= 0.3 is 0 Å². The first-order valence-corrected chi connectivity index (χ1v) is 8.05. The highest BCUT2D eigenvalue weighted by atomic mass is 35.5. The van der Waals surface area contributed by atoms with E-state index in [1.165, 1.54) is 12.1 Å². The Morgan fingerprint density at radius 2 is 1.75 bits per heavy atom. The number of hydrogen-bond donors (Lipinski definition) is 1. The van der Waals surface area contributed by atoms with Crippen LogP contribution in [0.5, 0.6) is 0 Å². The summed E-state index contributed by atoms with van der Waals surface area (Å²) in [4.78, 5) is 4.96. The molecule has 1 unspecified atom stereocenters. The van der Waals surface area contributed by atoms with Gasteiger partial charge in [0.2, 0.25) is 0 Å². The van der Waals surface area contributed by atoms with Crippen molar-refractivity contribution in [2.75, 3.05) is 37.6 Å². The van der Waals surface area contributed by atoms with Crippen molar-refractivity contribution in [3.8, 4) is 0 Å². The minimum atomic E-state index is 0.370. The molecular weight excluding hydrogens is 270 g/mol. The normalized spacial score (nSPS) is 18.2. The second kappa shape index (κ2) is 7.87. The first-order valence-electron chi connectivity index (χ1n) is 7.67. The Labute approximate surface area is 127 Å². The summed E-state index contributed by atoms with van der Waals surface area (Å²) in [6, 6.07) is 8.51. The fraction of sp³-hybridized carbons (Fsp3) is 0.625. The molecule has 1 heterocycles. The Bertz CT molecular complexity index is 385. The number of benzene rings is 1. The molecule has 0 aliphatic carbocycles. The molecule has 0 amide bonds. The van der Waals surface area contributed by atoms with Gasteiger partial charge in [0.1, 0.15) is 0 Å². The third kappa shape index (κ3) is 4.65. The Hall–Kier alpha value is -0.770. The van der Waals surface area contributed by atoms with Crippen molar-refractivity contribution in [2.24, 2.45) is 5.73 Å². The molecule has 0 saturated carbocycles. The fourth-order valence-corrected chi connectivity index (χ4v) is 2.87. The van der Waals surface area contributed by atoms with Crippen molar-refractivity contribution in [1.82, 2.24) is 4.90 Å². The number of halogens is 1. The molecule has 1 aromatic rings. The van der Waals surface area contributed by atoms with Gasteiger partial charge in [-0.05, 0) is 43.7 Å². The summed E-state index contributed by atoms with van der Waals surface area (Å²) < 4.78 is 0. The maximum Gasteiger partial charge on any atom is 0.0407 e. The maximum absolute atomic E-state index is 6.08. The zero-order valence-electron chi connectivity index (χ0n) is 12.4. The number of nitrogens with zero attached hydrogens (tertiary/aromatic N) is 2. The van der Waals surface area contributed by atoms with Gasteiger partial charge in [0, 0.05) is 42.9 Å². The molecule has 1 saturated heterocycles.